The normalized spacial score (nSPS) is 19.7. The summed E-state index contributed by atoms with van der Waals surface area (Å²) in [6, 6.07) is 15.9. The second-order valence-electron chi connectivity index (χ2n) is 5.80. The van der Waals surface area contributed by atoms with Gasteiger partial charge in [0.1, 0.15) is 0 Å². The molecule has 0 spiro atoms. The molecule has 1 N–H and O–H groups in total. The summed E-state index contributed by atoms with van der Waals surface area (Å²) >= 11 is 0. The zero-order chi connectivity index (χ0) is 16.4. The van der Waals surface area contributed by atoms with Crippen LogP contribution in [0.25, 0.3) is 0 Å². The first-order chi connectivity index (χ1) is 11.1. The molecule has 0 fully saturated rings. The lowest BCUT2D eigenvalue weighted by molar-refractivity contribution is -0.135. The van der Waals surface area contributed by atoms with Crippen molar-refractivity contribution in [1.29, 1.82) is 0 Å². The van der Waals surface area contributed by atoms with Gasteiger partial charge in [0.25, 0.3) is 5.91 Å². The van der Waals surface area contributed by atoms with Gasteiger partial charge in [-0.1, -0.05) is 55.5 Å². The van der Waals surface area contributed by atoms with Gasteiger partial charge in [0.05, 0.1) is 12.1 Å². The summed E-state index contributed by atoms with van der Waals surface area (Å²) in [5, 5.41) is 11.0. The number of hydrogen-bond acceptors (Lipinski definition) is 3. The lowest BCUT2D eigenvalue weighted by Gasteiger charge is -2.22. The monoisotopic (exact) mass is 309 g/mol. The highest BCUT2D eigenvalue weighted by atomic mass is 16.3. The SMILES string of the molecule is CCCN1C(=O)C(O)(CC(=O)c2ccccc2)c2ccccc21. The van der Waals surface area contributed by atoms with Gasteiger partial charge in [0.2, 0.25) is 0 Å². The maximum atomic E-state index is 12.8. The zero-order valence-corrected chi connectivity index (χ0v) is 13.0. The minimum Gasteiger partial charge on any atom is -0.375 e. The summed E-state index contributed by atoms with van der Waals surface area (Å²) in [5.74, 6) is -0.653. The van der Waals surface area contributed by atoms with E-state index < -0.39 is 11.5 Å². The molecule has 23 heavy (non-hydrogen) atoms. The van der Waals surface area contributed by atoms with E-state index in [4.69, 9.17) is 0 Å². The van der Waals surface area contributed by atoms with Crippen molar-refractivity contribution in [3.05, 3.63) is 65.7 Å². The Morgan fingerprint density at radius 1 is 1.09 bits per heavy atom. The van der Waals surface area contributed by atoms with Crippen LogP contribution in [-0.4, -0.2) is 23.3 Å². The van der Waals surface area contributed by atoms with Crippen LogP contribution < -0.4 is 4.90 Å². The second-order valence-corrected chi connectivity index (χ2v) is 5.80. The van der Waals surface area contributed by atoms with E-state index in [-0.39, 0.29) is 12.2 Å². The topological polar surface area (TPSA) is 57.6 Å². The van der Waals surface area contributed by atoms with Gasteiger partial charge in [-0.2, -0.15) is 0 Å². The Hall–Kier alpha value is -2.46. The van der Waals surface area contributed by atoms with Gasteiger partial charge in [-0.05, 0) is 12.5 Å². The smallest absolute Gasteiger partial charge is 0.264 e. The van der Waals surface area contributed by atoms with E-state index in [0.717, 1.165) is 6.42 Å². The Balaban J connectivity index is 1.97. The minimum atomic E-state index is -1.78. The van der Waals surface area contributed by atoms with Gasteiger partial charge in [0.15, 0.2) is 11.4 Å². The predicted molar refractivity (Wildman–Crippen MR) is 88.4 cm³/mol. The second kappa shape index (κ2) is 5.97. The van der Waals surface area contributed by atoms with Gasteiger partial charge in [-0.3, -0.25) is 9.59 Å². The molecule has 1 aliphatic rings. The number of aliphatic hydroxyl groups is 1. The largest absolute Gasteiger partial charge is 0.375 e. The lowest BCUT2D eigenvalue weighted by Crippen LogP contribution is -2.42. The molecule has 2 aromatic rings. The highest BCUT2D eigenvalue weighted by Gasteiger charge is 2.50. The fourth-order valence-electron chi connectivity index (χ4n) is 3.08. The van der Waals surface area contributed by atoms with Crippen molar-refractivity contribution in [2.24, 2.45) is 0 Å². The van der Waals surface area contributed by atoms with Crippen LogP contribution in [0.5, 0.6) is 0 Å². The van der Waals surface area contributed by atoms with E-state index in [9.17, 15) is 14.7 Å². The van der Waals surface area contributed by atoms with Crippen LogP contribution >= 0.6 is 0 Å². The number of amides is 1. The van der Waals surface area contributed by atoms with E-state index in [2.05, 4.69) is 0 Å². The summed E-state index contributed by atoms with van der Waals surface area (Å²) in [5.41, 5.74) is -0.0656. The molecule has 2 aromatic carbocycles. The molecule has 0 radical (unpaired) electrons. The Kier molecular flexibility index (Phi) is 4.01. The van der Waals surface area contributed by atoms with Gasteiger partial charge in [-0.15, -0.1) is 0 Å². The van der Waals surface area contributed by atoms with Crippen LogP contribution in [0.3, 0.4) is 0 Å². The summed E-state index contributed by atoms with van der Waals surface area (Å²) in [6.07, 6.45) is 0.538. The highest BCUT2D eigenvalue weighted by Crippen LogP contribution is 2.42. The molecule has 0 saturated carbocycles. The lowest BCUT2D eigenvalue weighted by atomic mass is 9.88. The maximum Gasteiger partial charge on any atom is 0.264 e. The number of fused-ring (bicyclic) bond motifs is 1. The predicted octanol–water partition coefficient (Wildman–Crippen LogP) is 2.90. The van der Waals surface area contributed by atoms with Crippen molar-refractivity contribution in [1.82, 2.24) is 0 Å². The van der Waals surface area contributed by atoms with Crippen LogP contribution in [0.1, 0.15) is 35.7 Å². The summed E-state index contributed by atoms with van der Waals surface area (Å²) in [7, 11) is 0. The molecule has 1 unspecified atom stereocenters. The third-order valence-electron chi connectivity index (χ3n) is 4.20. The van der Waals surface area contributed by atoms with E-state index >= 15 is 0 Å². The molecule has 4 nitrogen and oxygen atoms in total. The number of para-hydroxylation sites is 1. The van der Waals surface area contributed by atoms with Crippen LogP contribution in [0.4, 0.5) is 5.69 Å². The first-order valence-corrected chi connectivity index (χ1v) is 7.80. The molecule has 1 heterocycles. The summed E-state index contributed by atoms with van der Waals surface area (Å²) in [4.78, 5) is 26.8. The first-order valence-electron chi connectivity index (χ1n) is 7.80. The number of carbonyl (C=O) groups is 2. The van der Waals surface area contributed by atoms with Crippen LogP contribution in [-0.2, 0) is 10.4 Å². The highest BCUT2D eigenvalue weighted by molar-refractivity contribution is 6.10. The molecule has 1 amide bonds. The first kappa shape index (κ1) is 15.4. The number of nitrogens with zero attached hydrogens (tertiary/aromatic N) is 1. The third-order valence-corrected chi connectivity index (χ3v) is 4.20. The van der Waals surface area contributed by atoms with Crippen molar-refractivity contribution in [3.63, 3.8) is 0 Å². The molecule has 1 aliphatic heterocycles. The number of ketones is 1. The molecule has 0 aliphatic carbocycles. The van der Waals surface area contributed by atoms with E-state index in [0.29, 0.717) is 23.4 Å². The van der Waals surface area contributed by atoms with E-state index in [1.165, 1.54) is 0 Å². The Morgan fingerprint density at radius 3 is 2.43 bits per heavy atom. The van der Waals surface area contributed by atoms with E-state index in [1.807, 2.05) is 25.1 Å². The van der Waals surface area contributed by atoms with Crippen molar-refractivity contribution < 1.29 is 14.7 Å². The molecule has 3 rings (SSSR count). The molecule has 4 heteroatoms. The Morgan fingerprint density at radius 2 is 1.74 bits per heavy atom. The number of anilines is 1. The van der Waals surface area contributed by atoms with Gasteiger partial charge in [0, 0.05) is 17.7 Å². The standard InChI is InChI=1S/C19H19NO3/c1-2-12-20-16-11-7-6-10-15(16)19(23,18(20)22)13-17(21)14-8-4-3-5-9-14/h3-11,23H,2,12-13H2,1H3. The van der Waals surface area contributed by atoms with Crippen molar-refractivity contribution >= 4 is 17.4 Å². The van der Waals surface area contributed by atoms with Crippen molar-refractivity contribution in [2.45, 2.75) is 25.4 Å². The average molecular weight is 309 g/mol. The molecular weight excluding hydrogens is 290 g/mol. The fourth-order valence-corrected chi connectivity index (χ4v) is 3.08. The minimum absolute atomic E-state index is 0.241. The van der Waals surface area contributed by atoms with Crippen LogP contribution in [0, 0.1) is 0 Å². The number of rotatable bonds is 5. The fraction of sp³-hybridized carbons (Fsp3) is 0.263. The number of hydrogen-bond donors (Lipinski definition) is 1. The zero-order valence-electron chi connectivity index (χ0n) is 13.0. The maximum absolute atomic E-state index is 12.8. The van der Waals surface area contributed by atoms with Crippen molar-refractivity contribution in [3.8, 4) is 0 Å². The van der Waals surface area contributed by atoms with Gasteiger partial charge >= 0.3 is 0 Å². The molecule has 0 aromatic heterocycles. The summed E-state index contributed by atoms with van der Waals surface area (Å²) in [6.45, 7) is 2.50. The quantitative estimate of drug-likeness (QED) is 0.864. The van der Waals surface area contributed by atoms with Crippen LogP contribution in [0.15, 0.2) is 54.6 Å². The number of Topliss-reactive ketones (excluding diaryl/α,β-unsaturated/α-hetero) is 1. The molecular formula is C19H19NO3. The molecule has 118 valence electrons. The van der Waals surface area contributed by atoms with Gasteiger partial charge < -0.3 is 10.0 Å². The van der Waals surface area contributed by atoms with Gasteiger partial charge in [-0.25, -0.2) is 0 Å². The Labute approximate surface area is 135 Å². The third kappa shape index (κ3) is 2.55. The molecule has 0 saturated heterocycles. The average Bonchev–Trinajstić information content (AvgIpc) is 2.78. The summed E-state index contributed by atoms with van der Waals surface area (Å²) < 4.78 is 0. The molecule has 1 atom stereocenters. The number of carbonyl (C=O) groups excluding carboxylic acids is 2. The van der Waals surface area contributed by atoms with E-state index in [1.54, 1.807) is 41.3 Å². The molecule has 0 bridgehead atoms. The number of benzene rings is 2. The van der Waals surface area contributed by atoms with Crippen molar-refractivity contribution in [2.75, 3.05) is 11.4 Å². The Bertz CT molecular complexity index is 741. The van der Waals surface area contributed by atoms with Crippen LogP contribution in [0.2, 0.25) is 0 Å².